The number of phenolic OH excluding ortho intramolecular Hbond substituents is 1. The number of hydrogen-bond donors (Lipinski definition) is 2. The molecule has 2 rings (SSSR count). The topological polar surface area (TPSA) is 59.1 Å². The van der Waals surface area contributed by atoms with Gasteiger partial charge in [0.2, 0.25) is 0 Å². The highest BCUT2D eigenvalue weighted by Gasteiger charge is 2.11. The van der Waals surface area contributed by atoms with Crippen LogP contribution in [0.25, 0.3) is 10.6 Å². The molecule has 0 aliphatic heterocycles. The lowest BCUT2D eigenvalue weighted by molar-refractivity contribution is 0.469. The number of thiazole rings is 1. The van der Waals surface area contributed by atoms with Gasteiger partial charge in [-0.25, -0.2) is 9.37 Å². The molecule has 1 aromatic carbocycles. The second kappa shape index (κ2) is 3.51. The summed E-state index contributed by atoms with van der Waals surface area (Å²) >= 11 is 1.33. The van der Waals surface area contributed by atoms with Gasteiger partial charge in [-0.2, -0.15) is 0 Å². The summed E-state index contributed by atoms with van der Waals surface area (Å²) in [5, 5.41) is 9.59. The van der Waals surface area contributed by atoms with Gasteiger partial charge in [-0.3, -0.25) is 0 Å². The van der Waals surface area contributed by atoms with Crippen molar-refractivity contribution in [2.24, 2.45) is 0 Å². The van der Waals surface area contributed by atoms with Crippen LogP contribution < -0.4 is 5.73 Å². The molecule has 0 bridgehead atoms. The van der Waals surface area contributed by atoms with E-state index in [-0.39, 0.29) is 5.75 Å². The molecule has 0 aliphatic carbocycles. The lowest BCUT2D eigenvalue weighted by atomic mass is 10.2. The number of halogens is 1. The Bertz CT molecular complexity index is 491. The maximum absolute atomic E-state index is 13.4. The first-order chi connectivity index (χ1) is 7.08. The van der Waals surface area contributed by atoms with E-state index in [0.29, 0.717) is 16.4 Å². The van der Waals surface area contributed by atoms with Crippen LogP contribution in [-0.4, -0.2) is 10.1 Å². The summed E-state index contributed by atoms with van der Waals surface area (Å²) < 4.78 is 13.4. The van der Waals surface area contributed by atoms with Crippen LogP contribution >= 0.6 is 11.3 Å². The molecule has 0 fully saturated rings. The van der Waals surface area contributed by atoms with Crippen molar-refractivity contribution in [1.29, 1.82) is 0 Å². The molecule has 0 spiro atoms. The van der Waals surface area contributed by atoms with E-state index in [2.05, 4.69) is 4.98 Å². The Kier molecular flexibility index (Phi) is 2.32. The molecule has 5 heteroatoms. The minimum absolute atomic E-state index is 0.0995. The van der Waals surface area contributed by atoms with Crippen LogP contribution in [0.4, 0.5) is 10.2 Å². The number of nitrogens with two attached hydrogens (primary N) is 1. The number of nitrogens with zero attached hydrogens (tertiary/aromatic N) is 1. The minimum atomic E-state index is -0.497. The number of anilines is 1. The number of aromatic nitrogens is 1. The fraction of sp³-hybridized carbons (Fsp3) is 0.100. The third-order valence-electron chi connectivity index (χ3n) is 2.02. The Morgan fingerprint density at radius 1 is 1.47 bits per heavy atom. The summed E-state index contributed by atoms with van der Waals surface area (Å²) in [6, 6.07) is 3.97. The normalized spacial score (nSPS) is 10.5. The fourth-order valence-corrected chi connectivity index (χ4v) is 2.06. The third-order valence-corrected chi connectivity index (χ3v) is 3.04. The van der Waals surface area contributed by atoms with Gasteiger partial charge in [0.15, 0.2) is 0 Å². The monoisotopic (exact) mass is 224 g/mol. The number of hydrogen-bond acceptors (Lipinski definition) is 4. The molecule has 0 saturated heterocycles. The first-order valence-corrected chi connectivity index (χ1v) is 5.11. The van der Waals surface area contributed by atoms with E-state index in [1.54, 1.807) is 0 Å². The van der Waals surface area contributed by atoms with Gasteiger partial charge in [0, 0.05) is 16.5 Å². The van der Waals surface area contributed by atoms with Crippen molar-refractivity contribution >= 4 is 17.2 Å². The van der Waals surface area contributed by atoms with Gasteiger partial charge in [-0.05, 0) is 19.1 Å². The number of rotatable bonds is 1. The number of nitrogen functional groups attached to an aromatic ring is 1. The maximum atomic E-state index is 13.4. The highest BCUT2D eigenvalue weighted by molar-refractivity contribution is 7.15. The van der Waals surface area contributed by atoms with Crippen LogP contribution in [0, 0.1) is 12.7 Å². The van der Waals surface area contributed by atoms with Crippen molar-refractivity contribution in [3.8, 4) is 16.3 Å². The van der Waals surface area contributed by atoms with Crippen molar-refractivity contribution in [3.05, 3.63) is 28.9 Å². The van der Waals surface area contributed by atoms with E-state index < -0.39 is 5.82 Å². The molecule has 78 valence electrons. The van der Waals surface area contributed by atoms with Gasteiger partial charge in [-0.1, -0.05) is 0 Å². The summed E-state index contributed by atoms with van der Waals surface area (Å²) in [5.41, 5.74) is 5.94. The molecule has 0 radical (unpaired) electrons. The van der Waals surface area contributed by atoms with Crippen molar-refractivity contribution in [3.63, 3.8) is 0 Å². The zero-order chi connectivity index (χ0) is 11.0. The predicted molar refractivity (Wildman–Crippen MR) is 58.3 cm³/mol. The Morgan fingerprint density at radius 3 is 2.73 bits per heavy atom. The molecule has 0 amide bonds. The molecule has 0 aliphatic rings. The summed E-state index contributed by atoms with van der Waals surface area (Å²) in [4.78, 5) is 4.90. The molecule has 2 aromatic rings. The van der Waals surface area contributed by atoms with E-state index >= 15 is 0 Å². The predicted octanol–water partition coefficient (Wildman–Crippen LogP) is 2.55. The van der Waals surface area contributed by atoms with Crippen molar-refractivity contribution in [2.45, 2.75) is 6.92 Å². The molecule has 0 unspecified atom stereocenters. The van der Waals surface area contributed by atoms with Crippen LogP contribution in [0.2, 0.25) is 0 Å². The SMILES string of the molecule is Cc1sc(-c2ccc(O)cc2F)nc1N. The largest absolute Gasteiger partial charge is 0.508 e. The zero-order valence-electron chi connectivity index (χ0n) is 7.99. The maximum Gasteiger partial charge on any atom is 0.138 e. The van der Waals surface area contributed by atoms with E-state index in [1.807, 2.05) is 6.92 Å². The Morgan fingerprint density at radius 2 is 2.20 bits per heavy atom. The van der Waals surface area contributed by atoms with Gasteiger partial charge in [0.05, 0.1) is 0 Å². The third kappa shape index (κ3) is 1.78. The average Bonchev–Trinajstić information content (AvgIpc) is 2.46. The highest BCUT2D eigenvalue weighted by Crippen LogP contribution is 2.31. The van der Waals surface area contributed by atoms with E-state index in [1.165, 1.54) is 23.5 Å². The molecular formula is C10H9FN2OS. The van der Waals surface area contributed by atoms with Gasteiger partial charge in [0.1, 0.15) is 22.4 Å². The number of aryl methyl sites for hydroxylation is 1. The molecule has 3 N–H and O–H groups in total. The van der Waals surface area contributed by atoms with Gasteiger partial charge in [-0.15, -0.1) is 11.3 Å². The van der Waals surface area contributed by atoms with Crippen molar-refractivity contribution in [2.75, 3.05) is 5.73 Å². The van der Waals surface area contributed by atoms with E-state index in [4.69, 9.17) is 10.8 Å². The van der Waals surface area contributed by atoms with Crippen molar-refractivity contribution in [1.82, 2.24) is 4.98 Å². The number of phenols is 1. The molecular weight excluding hydrogens is 215 g/mol. The molecule has 3 nitrogen and oxygen atoms in total. The second-order valence-electron chi connectivity index (χ2n) is 3.12. The Balaban J connectivity index is 2.54. The van der Waals surface area contributed by atoms with Crippen LogP contribution in [0.5, 0.6) is 5.75 Å². The summed E-state index contributed by atoms with van der Waals surface area (Å²) in [6.07, 6.45) is 0. The molecule has 1 heterocycles. The minimum Gasteiger partial charge on any atom is -0.508 e. The smallest absolute Gasteiger partial charge is 0.138 e. The van der Waals surface area contributed by atoms with Gasteiger partial charge in [0.25, 0.3) is 0 Å². The Hall–Kier alpha value is -1.62. The van der Waals surface area contributed by atoms with E-state index in [9.17, 15) is 4.39 Å². The summed E-state index contributed by atoms with van der Waals surface area (Å²) in [5.74, 6) is -0.177. The quantitative estimate of drug-likeness (QED) is 0.782. The van der Waals surface area contributed by atoms with Crippen molar-refractivity contribution < 1.29 is 9.50 Å². The van der Waals surface area contributed by atoms with Crippen LogP contribution in [0.1, 0.15) is 4.88 Å². The molecule has 0 saturated carbocycles. The second-order valence-corrected chi connectivity index (χ2v) is 4.33. The van der Waals surface area contributed by atoms with Crippen LogP contribution in [0.15, 0.2) is 18.2 Å². The highest BCUT2D eigenvalue weighted by atomic mass is 32.1. The van der Waals surface area contributed by atoms with Gasteiger partial charge >= 0.3 is 0 Å². The average molecular weight is 224 g/mol. The first kappa shape index (κ1) is 9.92. The van der Waals surface area contributed by atoms with Crippen LogP contribution in [-0.2, 0) is 0 Å². The molecule has 1 aromatic heterocycles. The van der Waals surface area contributed by atoms with Crippen LogP contribution in [0.3, 0.4) is 0 Å². The Labute approximate surface area is 90.0 Å². The zero-order valence-corrected chi connectivity index (χ0v) is 8.81. The number of aromatic hydroxyl groups is 1. The number of benzene rings is 1. The lowest BCUT2D eigenvalue weighted by Gasteiger charge is -1.98. The fourth-order valence-electron chi connectivity index (χ4n) is 1.20. The molecule has 15 heavy (non-hydrogen) atoms. The first-order valence-electron chi connectivity index (χ1n) is 4.29. The summed E-state index contributed by atoms with van der Waals surface area (Å²) in [6.45, 7) is 1.83. The molecule has 0 atom stereocenters. The summed E-state index contributed by atoms with van der Waals surface area (Å²) in [7, 11) is 0. The lowest BCUT2D eigenvalue weighted by Crippen LogP contribution is -1.87. The standard InChI is InChI=1S/C10H9FN2OS/c1-5-9(12)13-10(15-5)7-3-2-6(14)4-8(7)11/h2-4,14H,12H2,1H3. The van der Waals surface area contributed by atoms with E-state index in [0.717, 1.165) is 10.9 Å². The van der Waals surface area contributed by atoms with Gasteiger partial charge < -0.3 is 10.8 Å².